The molecule has 0 bridgehead atoms. The third kappa shape index (κ3) is 5.22. The van der Waals surface area contributed by atoms with Crippen molar-refractivity contribution in [3.63, 3.8) is 0 Å². The summed E-state index contributed by atoms with van der Waals surface area (Å²) < 4.78 is 45.0. The fourth-order valence-electron chi connectivity index (χ4n) is 3.98. The highest BCUT2D eigenvalue weighted by Crippen LogP contribution is 2.34. The number of amides is 1. The lowest BCUT2D eigenvalue weighted by Crippen LogP contribution is -2.50. The minimum absolute atomic E-state index is 0.0961. The van der Waals surface area contributed by atoms with Crippen molar-refractivity contribution in [2.24, 2.45) is 5.92 Å². The second-order valence-electron chi connectivity index (χ2n) is 7.94. The molecule has 2 heterocycles. The Balaban J connectivity index is 1.81. The van der Waals surface area contributed by atoms with Crippen LogP contribution in [0.2, 0.25) is 0 Å². The van der Waals surface area contributed by atoms with Crippen LogP contribution < -0.4 is 5.32 Å². The van der Waals surface area contributed by atoms with E-state index in [2.05, 4.69) is 10.3 Å². The van der Waals surface area contributed by atoms with Crippen molar-refractivity contribution in [3.8, 4) is 0 Å². The maximum absolute atomic E-state index is 13.2. The summed E-state index contributed by atoms with van der Waals surface area (Å²) in [6, 6.07) is 7.29. The van der Waals surface area contributed by atoms with Gasteiger partial charge < -0.3 is 10.1 Å². The van der Waals surface area contributed by atoms with Crippen LogP contribution in [-0.4, -0.2) is 35.8 Å². The molecule has 0 aliphatic carbocycles. The molecule has 152 valence electrons. The van der Waals surface area contributed by atoms with Crippen LogP contribution in [0.3, 0.4) is 0 Å². The van der Waals surface area contributed by atoms with E-state index in [0.717, 1.165) is 16.5 Å². The van der Waals surface area contributed by atoms with Gasteiger partial charge in [-0.1, -0.05) is 18.2 Å². The number of hydrogen-bond donors (Lipinski definition) is 1. The van der Waals surface area contributed by atoms with E-state index in [1.165, 1.54) is 13.1 Å². The molecule has 0 spiro atoms. The normalized spacial score (nSPS) is 18.0. The number of hydrogen-bond acceptors (Lipinski definition) is 3. The standard InChI is InChI=1S/C21H25F3N2O2/c1-14-4-3-5-16-10-17(12-25-18(14)16)19(27)26-20(2,13-21(22,23)24)11-15-6-8-28-9-7-15/h3-5,10,12,15H,6-9,11,13H2,1-2H3,(H,26,27). The molecule has 0 radical (unpaired) electrons. The highest BCUT2D eigenvalue weighted by atomic mass is 19.4. The minimum Gasteiger partial charge on any atom is -0.381 e. The van der Waals surface area contributed by atoms with Crippen LogP contribution in [0.25, 0.3) is 10.9 Å². The summed E-state index contributed by atoms with van der Waals surface area (Å²) >= 11 is 0. The van der Waals surface area contributed by atoms with Crippen molar-refractivity contribution in [2.45, 2.75) is 51.2 Å². The van der Waals surface area contributed by atoms with Crippen LogP contribution in [0.5, 0.6) is 0 Å². The van der Waals surface area contributed by atoms with Crippen molar-refractivity contribution >= 4 is 16.8 Å². The largest absolute Gasteiger partial charge is 0.391 e. The molecular formula is C21H25F3N2O2. The molecule has 3 rings (SSSR count). The van der Waals surface area contributed by atoms with Crippen molar-refractivity contribution < 1.29 is 22.7 Å². The number of carbonyl (C=O) groups is 1. The van der Waals surface area contributed by atoms with Crippen LogP contribution >= 0.6 is 0 Å². The molecule has 1 aliphatic rings. The molecule has 4 nitrogen and oxygen atoms in total. The first-order chi connectivity index (χ1) is 13.2. The van der Waals surface area contributed by atoms with Gasteiger partial charge in [0.05, 0.1) is 17.5 Å². The molecule has 1 unspecified atom stereocenters. The van der Waals surface area contributed by atoms with E-state index >= 15 is 0 Å². The Labute approximate surface area is 162 Å². The number of para-hydroxylation sites is 1. The molecule has 1 aromatic heterocycles. The van der Waals surface area contributed by atoms with Gasteiger partial charge in [0.1, 0.15) is 0 Å². The Bertz CT molecular complexity index is 847. The Morgan fingerprint density at radius 1 is 1.29 bits per heavy atom. The lowest BCUT2D eigenvalue weighted by atomic mass is 9.82. The number of nitrogens with zero attached hydrogens (tertiary/aromatic N) is 1. The monoisotopic (exact) mass is 394 g/mol. The van der Waals surface area contributed by atoms with Crippen LogP contribution in [0.15, 0.2) is 30.5 Å². The summed E-state index contributed by atoms with van der Waals surface area (Å²) in [4.78, 5) is 17.1. The van der Waals surface area contributed by atoms with Crippen molar-refractivity contribution in [2.75, 3.05) is 13.2 Å². The van der Waals surface area contributed by atoms with Gasteiger partial charge in [0, 0.05) is 30.3 Å². The number of rotatable bonds is 5. The van der Waals surface area contributed by atoms with Crippen LogP contribution in [-0.2, 0) is 4.74 Å². The summed E-state index contributed by atoms with van der Waals surface area (Å²) in [5.74, 6) is -0.437. The molecule has 1 amide bonds. The molecule has 1 aromatic carbocycles. The first-order valence-electron chi connectivity index (χ1n) is 9.48. The molecule has 28 heavy (non-hydrogen) atoms. The highest BCUT2D eigenvalue weighted by molar-refractivity contribution is 5.98. The summed E-state index contributed by atoms with van der Waals surface area (Å²) in [5.41, 5.74) is 0.641. The fraction of sp³-hybridized carbons (Fsp3) is 0.524. The van der Waals surface area contributed by atoms with Gasteiger partial charge in [-0.25, -0.2) is 0 Å². The number of aromatic nitrogens is 1. The second kappa shape index (κ2) is 8.07. The van der Waals surface area contributed by atoms with E-state index < -0.39 is 24.0 Å². The number of benzene rings is 1. The predicted molar refractivity (Wildman–Crippen MR) is 101 cm³/mol. The quantitative estimate of drug-likeness (QED) is 0.793. The molecule has 0 saturated carbocycles. The topological polar surface area (TPSA) is 51.2 Å². The van der Waals surface area contributed by atoms with E-state index in [-0.39, 0.29) is 17.9 Å². The first kappa shape index (κ1) is 20.6. The maximum atomic E-state index is 13.2. The molecular weight excluding hydrogens is 369 g/mol. The summed E-state index contributed by atoms with van der Waals surface area (Å²) in [6.45, 7) is 4.50. The SMILES string of the molecule is Cc1cccc2cc(C(=O)NC(C)(CC3CCOCC3)CC(F)(F)F)cnc12. The average Bonchev–Trinajstić information content (AvgIpc) is 2.60. The highest BCUT2D eigenvalue weighted by Gasteiger charge is 2.42. The van der Waals surface area contributed by atoms with Gasteiger partial charge in [-0.05, 0) is 50.7 Å². The van der Waals surface area contributed by atoms with Crippen LogP contribution in [0.1, 0.15) is 48.5 Å². The molecule has 1 atom stereocenters. The van der Waals surface area contributed by atoms with Crippen LogP contribution in [0, 0.1) is 12.8 Å². The maximum Gasteiger partial charge on any atom is 0.391 e. The zero-order valence-corrected chi connectivity index (χ0v) is 16.1. The molecule has 2 aromatic rings. The second-order valence-corrected chi connectivity index (χ2v) is 7.94. The number of carbonyl (C=O) groups excluding carboxylic acids is 1. The van der Waals surface area contributed by atoms with E-state index in [1.54, 1.807) is 6.07 Å². The zero-order chi connectivity index (χ0) is 20.4. The summed E-state index contributed by atoms with van der Waals surface area (Å²) in [5, 5.41) is 3.44. The van der Waals surface area contributed by atoms with E-state index in [1.807, 2.05) is 25.1 Å². The number of aryl methyl sites for hydroxylation is 1. The summed E-state index contributed by atoms with van der Waals surface area (Å²) in [7, 11) is 0. The lowest BCUT2D eigenvalue weighted by Gasteiger charge is -2.36. The number of alkyl halides is 3. The molecule has 7 heteroatoms. The van der Waals surface area contributed by atoms with Gasteiger partial charge in [0.25, 0.3) is 5.91 Å². The summed E-state index contributed by atoms with van der Waals surface area (Å²) in [6.07, 6.45) is -2.33. The Hall–Kier alpha value is -2.15. The van der Waals surface area contributed by atoms with Crippen molar-refractivity contribution in [1.29, 1.82) is 0 Å². The molecule has 1 fully saturated rings. The van der Waals surface area contributed by atoms with Crippen LogP contribution in [0.4, 0.5) is 13.2 Å². The Morgan fingerprint density at radius 2 is 2.00 bits per heavy atom. The van der Waals surface area contributed by atoms with Gasteiger partial charge in [0.2, 0.25) is 0 Å². The Morgan fingerprint density at radius 3 is 2.68 bits per heavy atom. The lowest BCUT2D eigenvalue weighted by molar-refractivity contribution is -0.150. The van der Waals surface area contributed by atoms with Gasteiger partial charge in [0.15, 0.2) is 0 Å². The van der Waals surface area contributed by atoms with Gasteiger partial charge in [-0.15, -0.1) is 0 Å². The van der Waals surface area contributed by atoms with Gasteiger partial charge in [-0.2, -0.15) is 13.2 Å². The zero-order valence-electron chi connectivity index (χ0n) is 16.1. The number of nitrogens with one attached hydrogen (secondary N) is 1. The molecule has 1 N–H and O–H groups in total. The average molecular weight is 394 g/mol. The molecule has 1 aliphatic heterocycles. The van der Waals surface area contributed by atoms with E-state index in [4.69, 9.17) is 4.74 Å². The predicted octanol–water partition coefficient (Wildman–Crippen LogP) is 4.80. The third-order valence-corrected chi connectivity index (χ3v) is 5.26. The number of halogens is 3. The molecule has 1 saturated heterocycles. The Kier molecular flexibility index (Phi) is 5.93. The minimum atomic E-state index is -4.37. The van der Waals surface area contributed by atoms with E-state index in [0.29, 0.717) is 26.1 Å². The van der Waals surface area contributed by atoms with Gasteiger partial charge >= 0.3 is 6.18 Å². The smallest absolute Gasteiger partial charge is 0.381 e. The number of pyridine rings is 1. The number of ether oxygens (including phenoxy) is 1. The first-order valence-corrected chi connectivity index (χ1v) is 9.48. The number of fused-ring (bicyclic) bond motifs is 1. The van der Waals surface area contributed by atoms with Gasteiger partial charge in [-0.3, -0.25) is 9.78 Å². The fourth-order valence-corrected chi connectivity index (χ4v) is 3.98. The van der Waals surface area contributed by atoms with E-state index in [9.17, 15) is 18.0 Å². The van der Waals surface area contributed by atoms with Crippen molar-refractivity contribution in [3.05, 3.63) is 41.6 Å². The third-order valence-electron chi connectivity index (χ3n) is 5.26. The van der Waals surface area contributed by atoms with Crippen molar-refractivity contribution in [1.82, 2.24) is 10.3 Å².